The maximum atomic E-state index is 11.8. The minimum atomic E-state index is 0.204. The van der Waals surface area contributed by atoms with E-state index >= 15 is 0 Å². The quantitative estimate of drug-likeness (QED) is 0.778. The summed E-state index contributed by atoms with van der Waals surface area (Å²) >= 11 is 0. The molecule has 5 nitrogen and oxygen atoms in total. The van der Waals surface area contributed by atoms with Crippen molar-refractivity contribution in [2.45, 2.75) is 6.04 Å². The van der Waals surface area contributed by atoms with E-state index in [0.29, 0.717) is 12.1 Å². The minimum absolute atomic E-state index is 0.204. The molecule has 1 aromatic rings. The van der Waals surface area contributed by atoms with Crippen molar-refractivity contribution < 1.29 is 4.79 Å². The van der Waals surface area contributed by atoms with Crippen LogP contribution in [0.25, 0.3) is 0 Å². The number of rotatable bonds is 1. The number of hydrogen-bond donors (Lipinski definition) is 1. The number of anilines is 1. The van der Waals surface area contributed by atoms with E-state index in [1.165, 1.54) is 0 Å². The van der Waals surface area contributed by atoms with E-state index in [9.17, 15) is 4.79 Å². The van der Waals surface area contributed by atoms with Gasteiger partial charge in [0, 0.05) is 31.9 Å². The molecule has 2 heterocycles. The molecule has 2 aliphatic rings. The fourth-order valence-electron chi connectivity index (χ4n) is 2.79. The van der Waals surface area contributed by atoms with Crippen molar-refractivity contribution in [1.29, 1.82) is 5.26 Å². The van der Waals surface area contributed by atoms with Crippen molar-refractivity contribution >= 4 is 11.6 Å². The normalized spacial score (nSPS) is 22.9. The van der Waals surface area contributed by atoms with Crippen LogP contribution >= 0.6 is 0 Å². The van der Waals surface area contributed by atoms with Crippen molar-refractivity contribution in [1.82, 2.24) is 10.2 Å². The van der Waals surface area contributed by atoms with Crippen molar-refractivity contribution in [3.8, 4) is 6.07 Å². The third-order valence-corrected chi connectivity index (χ3v) is 3.82. The Morgan fingerprint density at radius 3 is 2.79 bits per heavy atom. The Balaban J connectivity index is 1.73. The molecule has 2 saturated heterocycles. The van der Waals surface area contributed by atoms with Crippen LogP contribution < -0.4 is 10.2 Å². The van der Waals surface area contributed by atoms with Gasteiger partial charge in [-0.2, -0.15) is 5.26 Å². The molecule has 2 aliphatic heterocycles. The van der Waals surface area contributed by atoms with E-state index in [1.54, 1.807) is 0 Å². The van der Waals surface area contributed by atoms with E-state index in [-0.39, 0.29) is 11.9 Å². The summed E-state index contributed by atoms with van der Waals surface area (Å²) in [5.41, 5.74) is 1.80. The summed E-state index contributed by atoms with van der Waals surface area (Å²) in [5.74, 6) is 0.204. The second kappa shape index (κ2) is 4.90. The minimum Gasteiger partial charge on any atom is -0.368 e. The number of nitrogens with zero attached hydrogens (tertiary/aromatic N) is 3. The number of amides is 1. The molecule has 3 rings (SSSR count). The van der Waals surface area contributed by atoms with Crippen LogP contribution in [0.3, 0.4) is 0 Å². The van der Waals surface area contributed by atoms with Gasteiger partial charge in [0.1, 0.15) is 0 Å². The van der Waals surface area contributed by atoms with Crippen LogP contribution in [0.2, 0.25) is 0 Å². The van der Waals surface area contributed by atoms with Crippen LogP contribution in [-0.2, 0) is 4.79 Å². The highest BCUT2D eigenvalue weighted by molar-refractivity contribution is 5.79. The van der Waals surface area contributed by atoms with Gasteiger partial charge in [-0.3, -0.25) is 4.79 Å². The number of carbonyl (C=O) groups excluding carboxylic acids is 1. The van der Waals surface area contributed by atoms with Gasteiger partial charge in [-0.05, 0) is 24.3 Å². The molecule has 0 aliphatic carbocycles. The lowest BCUT2D eigenvalue weighted by Crippen LogP contribution is -2.63. The zero-order valence-electron chi connectivity index (χ0n) is 10.7. The summed E-state index contributed by atoms with van der Waals surface area (Å²) in [5, 5.41) is 12.0. The van der Waals surface area contributed by atoms with Crippen LogP contribution in [0.5, 0.6) is 0 Å². The van der Waals surface area contributed by atoms with Crippen molar-refractivity contribution in [2.24, 2.45) is 0 Å². The van der Waals surface area contributed by atoms with E-state index in [1.807, 2.05) is 29.2 Å². The molecule has 0 aromatic heterocycles. The molecule has 0 bridgehead atoms. The first-order chi connectivity index (χ1) is 9.28. The summed E-state index contributed by atoms with van der Waals surface area (Å²) < 4.78 is 0. The second-order valence-electron chi connectivity index (χ2n) is 4.98. The highest BCUT2D eigenvalue weighted by Crippen LogP contribution is 2.20. The Labute approximate surface area is 112 Å². The molecule has 1 unspecified atom stereocenters. The first-order valence-corrected chi connectivity index (χ1v) is 6.53. The van der Waals surface area contributed by atoms with E-state index in [0.717, 1.165) is 31.9 Å². The number of nitriles is 1. The summed E-state index contributed by atoms with van der Waals surface area (Å²) in [6.45, 7) is 3.82. The third-order valence-electron chi connectivity index (χ3n) is 3.82. The van der Waals surface area contributed by atoms with E-state index < -0.39 is 0 Å². The Morgan fingerprint density at radius 2 is 2.05 bits per heavy atom. The zero-order valence-corrected chi connectivity index (χ0v) is 10.7. The lowest BCUT2D eigenvalue weighted by Gasteiger charge is -2.44. The fraction of sp³-hybridized carbons (Fsp3) is 0.429. The maximum absolute atomic E-state index is 11.8. The maximum Gasteiger partial charge on any atom is 0.236 e. The van der Waals surface area contributed by atoms with Crippen LogP contribution in [-0.4, -0.2) is 49.6 Å². The topological polar surface area (TPSA) is 59.4 Å². The third kappa shape index (κ3) is 2.27. The lowest BCUT2D eigenvalue weighted by atomic mass is 10.1. The number of fused-ring (bicyclic) bond motifs is 1. The molecular formula is C14H16N4O. The zero-order chi connectivity index (χ0) is 13.2. The first kappa shape index (κ1) is 12.0. The van der Waals surface area contributed by atoms with Gasteiger partial charge in [0.05, 0.1) is 24.2 Å². The summed E-state index contributed by atoms with van der Waals surface area (Å²) in [4.78, 5) is 16.0. The highest BCUT2D eigenvalue weighted by atomic mass is 16.2. The van der Waals surface area contributed by atoms with Crippen LogP contribution in [0.1, 0.15) is 5.56 Å². The van der Waals surface area contributed by atoms with Crippen molar-refractivity contribution in [3.63, 3.8) is 0 Å². The smallest absolute Gasteiger partial charge is 0.236 e. The molecule has 1 atom stereocenters. The number of benzene rings is 1. The Kier molecular flexibility index (Phi) is 3.10. The molecule has 5 heteroatoms. The SMILES string of the molecule is N#Cc1ccc(N2CCN3C(=O)CNCC3C2)cc1. The van der Waals surface area contributed by atoms with Crippen LogP contribution in [0, 0.1) is 11.3 Å². The Morgan fingerprint density at radius 1 is 1.26 bits per heavy atom. The van der Waals surface area contributed by atoms with Crippen LogP contribution in [0.15, 0.2) is 24.3 Å². The number of piperazine rings is 2. The predicted molar refractivity (Wildman–Crippen MR) is 71.7 cm³/mol. The second-order valence-corrected chi connectivity index (χ2v) is 4.98. The van der Waals surface area contributed by atoms with Gasteiger partial charge in [0.25, 0.3) is 0 Å². The fourth-order valence-corrected chi connectivity index (χ4v) is 2.79. The number of nitrogens with one attached hydrogen (secondary N) is 1. The number of carbonyl (C=O) groups is 1. The van der Waals surface area contributed by atoms with Gasteiger partial charge < -0.3 is 15.1 Å². The molecule has 2 fully saturated rings. The van der Waals surface area contributed by atoms with Gasteiger partial charge >= 0.3 is 0 Å². The molecule has 1 amide bonds. The molecule has 1 aromatic carbocycles. The summed E-state index contributed by atoms with van der Waals surface area (Å²) in [6, 6.07) is 10.0. The standard InChI is InChI=1S/C14H16N4O/c15-7-11-1-3-12(4-2-11)17-5-6-18-13(10-17)8-16-9-14(18)19/h1-4,13,16H,5-6,8-10H2. The molecule has 0 spiro atoms. The molecular weight excluding hydrogens is 240 g/mol. The highest BCUT2D eigenvalue weighted by Gasteiger charge is 2.32. The Bertz CT molecular complexity index is 519. The molecule has 1 N–H and O–H groups in total. The lowest BCUT2D eigenvalue weighted by molar-refractivity contribution is -0.135. The van der Waals surface area contributed by atoms with Gasteiger partial charge in [-0.25, -0.2) is 0 Å². The van der Waals surface area contributed by atoms with Gasteiger partial charge in [-0.1, -0.05) is 0 Å². The largest absolute Gasteiger partial charge is 0.368 e. The average Bonchev–Trinajstić information content (AvgIpc) is 2.47. The van der Waals surface area contributed by atoms with Crippen molar-refractivity contribution in [2.75, 3.05) is 37.6 Å². The van der Waals surface area contributed by atoms with Gasteiger partial charge in [-0.15, -0.1) is 0 Å². The van der Waals surface area contributed by atoms with E-state index in [2.05, 4.69) is 16.3 Å². The monoisotopic (exact) mass is 256 g/mol. The summed E-state index contributed by atoms with van der Waals surface area (Å²) in [6.07, 6.45) is 0. The van der Waals surface area contributed by atoms with Gasteiger partial charge in [0.15, 0.2) is 0 Å². The molecule has 98 valence electrons. The summed E-state index contributed by atoms with van der Waals surface area (Å²) in [7, 11) is 0. The molecule has 0 saturated carbocycles. The molecule has 0 radical (unpaired) electrons. The first-order valence-electron chi connectivity index (χ1n) is 6.53. The van der Waals surface area contributed by atoms with Crippen LogP contribution in [0.4, 0.5) is 5.69 Å². The van der Waals surface area contributed by atoms with Crippen molar-refractivity contribution in [3.05, 3.63) is 29.8 Å². The number of hydrogen-bond acceptors (Lipinski definition) is 4. The van der Waals surface area contributed by atoms with E-state index in [4.69, 9.17) is 5.26 Å². The predicted octanol–water partition coefficient (Wildman–Crippen LogP) is 0.179. The molecule has 19 heavy (non-hydrogen) atoms. The Hall–Kier alpha value is -2.06. The van der Waals surface area contributed by atoms with Gasteiger partial charge in [0.2, 0.25) is 5.91 Å². The average molecular weight is 256 g/mol.